The topological polar surface area (TPSA) is 46.5 Å². The lowest BCUT2D eigenvalue weighted by Crippen LogP contribution is -2.10. The maximum atomic E-state index is 11.7. The van der Waals surface area contributed by atoms with Gasteiger partial charge in [-0.3, -0.25) is 4.57 Å². The maximum Gasteiger partial charge on any atom is 0.359 e. The molecule has 0 aliphatic heterocycles. The second-order valence-electron chi connectivity index (χ2n) is 3.51. The van der Waals surface area contributed by atoms with Gasteiger partial charge in [0.2, 0.25) is 0 Å². The normalized spacial score (nSPS) is 15.5. The monoisotopic (exact) mass is 214 g/mol. The van der Waals surface area contributed by atoms with Gasteiger partial charge in [0, 0.05) is 0 Å². The van der Waals surface area contributed by atoms with Gasteiger partial charge < -0.3 is 9.42 Å². The van der Waals surface area contributed by atoms with Gasteiger partial charge >= 0.3 is 7.60 Å². The fourth-order valence-corrected chi connectivity index (χ4v) is 2.30. The van der Waals surface area contributed by atoms with Crippen molar-refractivity contribution in [2.75, 3.05) is 0 Å². The van der Waals surface area contributed by atoms with Gasteiger partial charge in [0.15, 0.2) is 0 Å². The minimum atomic E-state index is -3.62. The largest absolute Gasteiger partial charge is 0.359 e. The Bertz CT molecular complexity index is 343. The van der Waals surface area contributed by atoms with Crippen LogP contribution in [0.15, 0.2) is 24.3 Å². The maximum absolute atomic E-state index is 11.7. The molecule has 0 saturated heterocycles. The molecule has 0 spiro atoms. The van der Waals surface area contributed by atoms with Crippen LogP contribution in [0.3, 0.4) is 0 Å². The van der Waals surface area contributed by atoms with E-state index in [1.165, 1.54) is 0 Å². The molecule has 0 aliphatic carbocycles. The van der Waals surface area contributed by atoms with Crippen molar-refractivity contribution in [2.45, 2.75) is 26.9 Å². The average molecular weight is 214 g/mol. The molecule has 0 fully saturated rings. The first-order chi connectivity index (χ1) is 6.42. The van der Waals surface area contributed by atoms with Crippen molar-refractivity contribution in [3.8, 4) is 0 Å². The molecule has 0 aromatic heterocycles. The molecular weight excluding hydrogens is 199 g/mol. The van der Waals surface area contributed by atoms with Gasteiger partial charge in [0.05, 0.1) is 11.4 Å². The van der Waals surface area contributed by atoms with Gasteiger partial charge in [0.25, 0.3) is 0 Å². The third-order valence-corrected chi connectivity index (χ3v) is 3.37. The van der Waals surface area contributed by atoms with E-state index >= 15 is 0 Å². The van der Waals surface area contributed by atoms with Gasteiger partial charge in [-0.1, -0.05) is 17.7 Å². The molecule has 0 radical (unpaired) electrons. The zero-order chi connectivity index (χ0) is 10.8. The van der Waals surface area contributed by atoms with Crippen LogP contribution >= 0.6 is 7.60 Å². The molecular formula is C10H15O3P. The standard InChI is InChI=1S/C10H15O3P/c1-8(2)13-14(11,12)10-6-4-9(3)5-7-10/h4-8H,1-3H3,(H,11,12). The van der Waals surface area contributed by atoms with Gasteiger partial charge in [-0.25, -0.2) is 0 Å². The van der Waals surface area contributed by atoms with E-state index in [2.05, 4.69) is 0 Å². The van der Waals surface area contributed by atoms with Crippen LogP contribution in [0.25, 0.3) is 0 Å². The van der Waals surface area contributed by atoms with E-state index in [0.717, 1.165) is 5.56 Å². The average Bonchev–Trinajstić information content (AvgIpc) is 2.02. The zero-order valence-electron chi connectivity index (χ0n) is 8.60. The van der Waals surface area contributed by atoms with Crippen molar-refractivity contribution < 1.29 is 14.0 Å². The molecule has 0 bridgehead atoms. The minimum absolute atomic E-state index is 0.257. The quantitative estimate of drug-likeness (QED) is 0.785. The third kappa shape index (κ3) is 2.95. The summed E-state index contributed by atoms with van der Waals surface area (Å²) >= 11 is 0. The molecule has 14 heavy (non-hydrogen) atoms. The lowest BCUT2D eigenvalue weighted by atomic mass is 10.2. The van der Waals surface area contributed by atoms with Crippen LogP contribution in [-0.4, -0.2) is 11.0 Å². The summed E-state index contributed by atoms with van der Waals surface area (Å²) in [6.07, 6.45) is -0.257. The van der Waals surface area contributed by atoms with Crippen LogP contribution < -0.4 is 5.30 Å². The highest BCUT2D eigenvalue weighted by molar-refractivity contribution is 7.61. The van der Waals surface area contributed by atoms with Crippen LogP contribution in [0, 0.1) is 6.92 Å². The summed E-state index contributed by atoms with van der Waals surface area (Å²) in [4.78, 5) is 9.58. The number of hydrogen-bond acceptors (Lipinski definition) is 2. The van der Waals surface area contributed by atoms with Crippen molar-refractivity contribution in [3.63, 3.8) is 0 Å². The van der Waals surface area contributed by atoms with Gasteiger partial charge in [0.1, 0.15) is 0 Å². The van der Waals surface area contributed by atoms with E-state index in [-0.39, 0.29) is 6.10 Å². The molecule has 1 atom stereocenters. The van der Waals surface area contributed by atoms with Crippen molar-refractivity contribution in [1.82, 2.24) is 0 Å². The highest BCUT2D eigenvalue weighted by Crippen LogP contribution is 2.41. The van der Waals surface area contributed by atoms with E-state index in [9.17, 15) is 9.46 Å². The molecule has 1 aromatic rings. The van der Waals surface area contributed by atoms with Crippen LogP contribution in [0.4, 0.5) is 0 Å². The number of benzene rings is 1. The van der Waals surface area contributed by atoms with Crippen LogP contribution in [0.1, 0.15) is 19.4 Å². The Kier molecular flexibility index (Phi) is 3.48. The van der Waals surface area contributed by atoms with Crippen molar-refractivity contribution >= 4 is 12.9 Å². The fraction of sp³-hybridized carbons (Fsp3) is 0.400. The molecule has 0 heterocycles. The van der Waals surface area contributed by atoms with E-state index in [0.29, 0.717) is 5.30 Å². The van der Waals surface area contributed by atoms with E-state index in [1.807, 2.05) is 6.92 Å². The summed E-state index contributed by atoms with van der Waals surface area (Å²) in [5.41, 5.74) is 1.05. The minimum Gasteiger partial charge on any atom is -0.321 e. The molecule has 1 unspecified atom stereocenters. The first kappa shape index (κ1) is 11.4. The number of hydrogen-bond donors (Lipinski definition) is 1. The first-order valence-corrected chi connectivity index (χ1v) is 6.08. The molecule has 1 rings (SSSR count). The second kappa shape index (κ2) is 4.26. The lowest BCUT2D eigenvalue weighted by Gasteiger charge is -2.14. The summed E-state index contributed by atoms with van der Waals surface area (Å²) < 4.78 is 16.6. The molecule has 78 valence electrons. The summed E-state index contributed by atoms with van der Waals surface area (Å²) in [6.45, 7) is 5.39. The number of aryl methyl sites for hydroxylation is 1. The molecule has 0 amide bonds. The lowest BCUT2D eigenvalue weighted by molar-refractivity contribution is 0.212. The predicted octanol–water partition coefficient (Wildman–Crippen LogP) is 2.23. The van der Waals surface area contributed by atoms with Crippen LogP contribution in [0.2, 0.25) is 0 Å². The Hall–Kier alpha value is -0.630. The molecule has 1 N–H and O–H groups in total. The third-order valence-electron chi connectivity index (χ3n) is 1.71. The van der Waals surface area contributed by atoms with Crippen molar-refractivity contribution in [2.24, 2.45) is 0 Å². The van der Waals surface area contributed by atoms with Crippen molar-refractivity contribution in [3.05, 3.63) is 29.8 Å². The highest BCUT2D eigenvalue weighted by Gasteiger charge is 2.23. The first-order valence-electron chi connectivity index (χ1n) is 4.50. The Balaban J connectivity index is 2.92. The molecule has 4 heteroatoms. The van der Waals surface area contributed by atoms with Gasteiger partial charge in [-0.15, -0.1) is 0 Å². The number of rotatable bonds is 3. The molecule has 0 saturated carbocycles. The smallest absolute Gasteiger partial charge is 0.321 e. The van der Waals surface area contributed by atoms with Crippen LogP contribution in [0.5, 0.6) is 0 Å². The Morgan fingerprint density at radius 3 is 2.21 bits per heavy atom. The summed E-state index contributed by atoms with van der Waals surface area (Å²) in [5, 5.41) is 0.344. The summed E-state index contributed by atoms with van der Waals surface area (Å²) in [5.74, 6) is 0. The SMILES string of the molecule is Cc1ccc(P(=O)(O)OC(C)C)cc1. The highest BCUT2D eigenvalue weighted by atomic mass is 31.2. The Morgan fingerprint density at radius 2 is 1.79 bits per heavy atom. The van der Waals surface area contributed by atoms with Crippen molar-refractivity contribution in [1.29, 1.82) is 0 Å². The van der Waals surface area contributed by atoms with E-state index < -0.39 is 7.60 Å². The Labute approximate surface area is 84.3 Å². The predicted molar refractivity (Wildman–Crippen MR) is 56.9 cm³/mol. The fourth-order valence-electron chi connectivity index (χ4n) is 1.08. The molecule has 1 aromatic carbocycles. The molecule has 0 aliphatic rings. The Morgan fingerprint density at radius 1 is 1.29 bits per heavy atom. The molecule has 3 nitrogen and oxygen atoms in total. The van der Waals surface area contributed by atoms with E-state index in [4.69, 9.17) is 4.52 Å². The van der Waals surface area contributed by atoms with Crippen LogP contribution in [-0.2, 0) is 9.09 Å². The summed E-state index contributed by atoms with van der Waals surface area (Å²) in [7, 11) is -3.62. The van der Waals surface area contributed by atoms with Gasteiger partial charge in [-0.05, 0) is 32.9 Å². The zero-order valence-corrected chi connectivity index (χ0v) is 9.49. The summed E-state index contributed by atoms with van der Waals surface area (Å²) in [6, 6.07) is 6.83. The van der Waals surface area contributed by atoms with Gasteiger partial charge in [-0.2, -0.15) is 0 Å². The second-order valence-corrected chi connectivity index (χ2v) is 5.28. The van der Waals surface area contributed by atoms with E-state index in [1.54, 1.807) is 38.1 Å².